The van der Waals surface area contributed by atoms with Crippen LogP contribution in [0.15, 0.2) is 45.3 Å². The first-order valence-corrected chi connectivity index (χ1v) is 8.54. The minimum atomic E-state index is -0.435. The molecular weight excluding hydrogens is 390 g/mol. The molecule has 0 aliphatic carbocycles. The number of halogens is 1. The van der Waals surface area contributed by atoms with E-state index in [2.05, 4.69) is 26.8 Å². The van der Waals surface area contributed by atoms with Gasteiger partial charge in [-0.05, 0) is 43.3 Å². The molecular formula is C17H21BrN3O4+. The van der Waals surface area contributed by atoms with E-state index in [-0.39, 0.29) is 19.1 Å². The maximum Gasteiger partial charge on any atom is 0.293 e. The number of hydrazine groups is 1. The summed E-state index contributed by atoms with van der Waals surface area (Å²) in [6.07, 6.45) is 0. The van der Waals surface area contributed by atoms with Crippen molar-refractivity contribution in [3.8, 4) is 5.75 Å². The zero-order chi connectivity index (χ0) is 18.2. The van der Waals surface area contributed by atoms with Gasteiger partial charge in [0.05, 0.1) is 7.05 Å². The van der Waals surface area contributed by atoms with Crippen molar-refractivity contribution in [2.45, 2.75) is 13.5 Å². The number of carbonyl (C=O) groups excluding carboxylic acids is 2. The summed E-state index contributed by atoms with van der Waals surface area (Å²) in [7, 11) is 1.87. The van der Waals surface area contributed by atoms with Gasteiger partial charge in [-0.25, -0.2) is 0 Å². The Labute approximate surface area is 154 Å². The van der Waals surface area contributed by atoms with Crippen LogP contribution in [0.1, 0.15) is 11.5 Å². The van der Waals surface area contributed by atoms with E-state index in [1.54, 1.807) is 12.1 Å². The maximum atomic E-state index is 11.8. The van der Waals surface area contributed by atoms with E-state index in [0.717, 1.165) is 20.9 Å². The van der Waals surface area contributed by atoms with Crippen LogP contribution in [0.2, 0.25) is 0 Å². The third-order valence-corrected chi connectivity index (χ3v) is 3.79. The molecule has 0 aliphatic heterocycles. The number of aryl methyl sites for hydroxylation is 1. The molecule has 0 aliphatic rings. The van der Waals surface area contributed by atoms with Crippen molar-refractivity contribution in [3.63, 3.8) is 0 Å². The largest absolute Gasteiger partial charge is 0.484 e. The summed E-state index contributed by atoms with van der Waals surface area (Å²) < 4.78 is 11.7. The fraction of sp³-hybridized carbons (Fsp3) is 0.294. The first-order chi connectivity index (χ1) is 11.9. The van der Waals surface area contributed by atoms with Gasteiger partial charge in [0.15, 0.2) is 18.9 Å². The standard InChI is InChI=1S/C17H20BrN3O4/c1-12-3-6-15(25-12)9-21(2)10-16(22)19-20-17(23)11-24-14-7-4-13(18)5-8-14/h3-8H,9-11H2,1-2H3,(H,19,22)(H,20,23)/p+1. The van der Waals surface area contributed by atoms with Crippen molar-refractivity contribution < 1.29 is 23.6 Å². The van der Waals surface area contributed by atoms with Gasteiger partial charge >= 0.3 is 0 Å². The van der Waals surface area contributed by atoms with E-state index < -0.39 is 5.91 Å². The molecule has 0 saturated carbocycles. The Kier molecular flexibility index (Phi) is 7.03. The third kappa shape index (κ3) is 6.98. The number of benzene rings is 1. The Morgan fingerprint density at radius 2 is 1.80 bits per heavy atom. The van der Waals surface area contributed by atoms with Gasteiger partial charge < -0.3 is 14.1 Å². The predicted molar refractivity (Wildman–Crippen MR) is 94.8 cm³/mol. The molecule has 2 rings (SSSR count). The molecule has 8 heteroatoms. The monoisotopic (exact) mass is 410 g/mol. The van der Waals surface area contributed by atoms with E-state index >= 15 is 0 Å². The fourth-order valence-electron chi connectivity index (χ4n) is 2.11. The van der Waals surface area contributed by atoms with Crippen molar-refractivity contribution in [2.75, 3.05) is 20.2 Å². The third-order valence-electron chi connectivity index (χ3n) is 3.26. The number of hydrogen-bond acceptors (Lipinski definition) is 4. The van der Waals surface area contributed by atoms with Gasteiger partial charge in [-0.3, -0.25) is 20.4 Å². The lowest BCUT2D eigenvalue weighted by molar-refractivity contribution is -0.886. The molecule has 25 heavy (non-hydrogen) atoms. The smallest absolute Gasteiger partial charge is 0.293 e. The summed E-state index contributed by atoms with van der Waals surface area (Å²) in [6.45, 7) is 2.48. The molecule has 0 spiro atoms. The second-order valence-corrected chi connectivity index (χ2v) is 6.58. The van der Waals surface area contributed by atoms with E-state index in [9.17, 15) is 9.59 Å². The number of ether oxygens (including phenoxy) is 1. The van der Waals surface area contributed by atoms with Gasteiger partial charge in [-0.15, -0.1) is 0 Å². The van der Waals surface area contributed by atoms with Crippen LogP contribution in [-0.4, -0.2) is 32.0 Å². The number of quaternary nitrogens is 1. The van der Waals surface area contributed by atoms with Crippen LogP contribution < -0.4 is 20.5 Å². The minimum absolute atomic E-state index is 0.184. The topological polar surface area (TPSA) is 85.0 Å². The molecule has 1 aromatic carbocycles. The van der Waals surface area contributed by atoms with Crippen LogP contribution in [0.4, 0.5) is 0 Å². The van der Waals surface area contributed by atoms with Crippen molar-refractivity contribution in [2.24, 2.45) is 0 Å². The molecule has 0 bridgehead atoms. The first kappa shape index (κ1) is 19.0. The van der Waals surface area contributed by atoms with Gasteiger partial charge in [-0.1, -0.05) is 15.9 Å². The zero-order valence-electron chi connectivity index (χ0n) is 14.1. The lowest BCUT2D eigenvalue weighted by Gasteiger charge is -2.13. The number of furan rings is 1. The van der Waals surface area contributed by atoms with Crippen molar-refractivity contribution in [3.05, 3.63) is 52.4 Å². The van der Waals surface area contributed by atoms with Crippen LogP contribution >= 0.6 is 15.9 Å². The number of hydrogen-bond donors (Lipinski definition) is 3. The Hall–Kier alpha value is -2.32. The van der Waals surface area contributed by atoms with Gasteiger partial charge in [-0.2, -0.15) is 0 Å². The van der Waals surface area contributed by atoms with E-state index in [1.807, 2.05) is 38.2 Å². The van der Waals surface area contributed by atoms with Gasteiger partial charge in [0.2, 0.25) is 0 Å². The quantitative estimate of drug-likeness (QED) is 0.583. The molecule has 1 heterocycles. The minimum Gasteiger partial charge on any atom is -0.484 e. The van der Waals surface area contributed by atoms with Crippen LogP contribution in [-0.2, 0) is 16.1 Å². The lowest BCUT2D eigenvalue weighted by Crippen LogP contribution is -3.09. The van der Waals surface area contributed by atoms with E-state index in [0.29, 0.717) is 12.3 Å². The normalized spacial score (nSPS) is 11.6. The highest BCUT2D eigenvalue weighted by Gasteiger charge is 2.13. The van der Waals surface area contributed by atoms with E-state index in [4.69, 9.17) is 9.15 Å². The predicted octanol–water partition coefficient (Wildman–Crippen LogP) is 0.592. The Bertz CT molecular complexity index is 715. The van der Waals surface area contributed by atoms with Crippen LogP contribution in [0.3, 0.4) is 0 Å². The van der Waals surface area contributed by atoms with E-state index in [1.165, 1.54) is 0 Å². The number of likely N-dealkylation sites (N-methyl/N-ethyl adjacent to an activating group) is 1. The Morgan fingerprint density at radius 3 is 2.44 bits per heavy atom. The molecule has 1 unspecified atom stereocenters. The number of nitrogens with one attached hydrogen (secondary N) is 3. The van der Waals surface area contributed by atoms with Crippen LogP contribution in [0.5, 0.6) is 5.75 Å². The highest BCUT2D eigenvalue weighted by molar-refractivity contribution is 9.10. The van der Waals surface area contributed by atoms with Crippen molar-refractivity contribution >= 4 is 27.7 Å². The Balaban J connectivity index is 1.64. The SMILES string of the molecule is Cc1ccc(C[NH+](C)CC(=O)NNC(=O)COc2ccc(Br)cc2)o1. The molecule has 1 aromatic heterocycles. The summed E-state index contributed by atoms with van der Waals surface area (Å²) in [5.41, 5.74) is 4.70. The van der Waals surface area contributed by atoms with Crippen molar-refractivity contribution in [1.82, 2.24) is 10.9 Å². The highest BCUT2D eigenvalue weighted by Crippen LogP contribution is 2.15. The zero-order valence-corrected chi connectivity index (χ0v) is 15.7. The van der Waals surface area contributed by atoms with Gasteiger partial charge in [0, 0.05) is 4.47 Å². The summed E-state index contributed by atoms with van der Waals surface area (Å²) >= 11 is 3.32. The summed E-state index contributed by atoms with van der Waals surface area (Å²) in [6, 6.07) is 10.9. The number of rotatable bonds is 7. The summed E-state index contributed by atoms with van der Waals surface area (Å²) in [5, 5.41) is 0. The average molecular weight is 411 g/mol. The molecule has 2 aromatic rings. The molecule has 0 saturated heterocycles. The molecule has 7 nitrogen and oxygen atoms in total. The van der Waals surface area contributed by atoms with Crippen LogP contribution in [0.25, 0.3) is 0 Å². The number of amides is 2. The second-order valence-electron chi connectivity index (χ2n) is 5.66. The second kappa shape index (κ2) is 9.24. The molecule has 0 radical (unpaired) electrons. The summed E-state index contributed by atoms with van der Waals surface area (Å²) in [4.78, 5) is 24.5. The van der Waals surface area contributed by atoms with Crippen LogP contribution in [0, 0.1) is 6.92 Å². The molecule has 0 fully saturated rings. The Morgan fingerprint density at radius 1 is 1.12 bits per heavy atom. The number of carbonyl (C=O) groups is 2. The highest BCUT2D eigenvalue weighted by atomic mass is 79.9. The fourth-order valence-corrected chi connectivity index (χ4v) is 2.38. The first-order valence-electron chi connectivity index (χ1n) is 7.75. The van der Waals surface area contributed by atoms with Gasteiger partial charge in [0.1, 0.15) is 18.1 Å². The molecule has 2 amide bonds. The molecule has 3 N–H and O–H groups in total. The average Bonchev–Trinajstić information content (AvgIpc) is 2.97. The van der Waals surface area contributed by atoms with Gasteiger partial charge in [0.25, 0.3) is 11.8 Å². The molecule has 1 atom stereocenters. The maximum absolute atomic E-state index is 11.8. The lowest BCUT2D eigenvalue weighted by atomic mass is 10.3. The summed E-state index contributed by atoms with van der Waals surface area (Å²) in [5.74, 6) is 1.50. The van der Waals surface area contributed by atoms with Crippen molar-refractivity contribution in [1.29, 1.82) is 0 Å². The molecule has 134 valence electrons.